The number of carbonyl (C=O) groups excluding carboxylic acids is 2. The van der Waals surface area contributed by atoms with Gasteiger partial charge in [-0.15, -0.1) is 11.3 Å². The molecule has 0 spiro atoms. The Morgan fingerprint density at radius 2 is 2.20 bits per heavy atom. The second-order valence-electron chi connectivity index (χ2n) is 6.99. The first kappa shape index (κ1) is 16.3. The standard InChI is InChI=1S/C18H22N4O2S/c1-11-8-13(21-17(23)15-9-19-10-25-15)5-7-22(11)18(24)14-4-6-20-16(14)12-2-3-12/h4,6,9-13,20H,2-3,5,7-8H2,1H3,(H,21,23). The van der Waals surface area contributed by atoms with Crippen molar-refractivity contribution in [1.29, 1.82) is 0 Å². The number of amides is 2. The number of piperidine rings is 1. The molecule has 0 bridgehead atoms. The minimum Gasteiger partial charge on any atom is -0.364 e. The predicted molar refractivity (Wildman–Crippen MR) is 95.9 cm³/mol. The molecule has 1 saturated heterocycles. The predicted octanol–water partition coefficient (Wildman–Crippen LogP) is 2.77. The van der Waals surface area contributed by atoms with Gasteiger partial charge in [0.25, 0.3) is 11.8 Å². The van der Waals surface area contributed by atoms with Crippen LogP contribution in [0.5, 0.6) is 0 Å². The van der Waals surface area contributed by atoms with Crippen LogP contribution in [0.15, 0.2) is 24.0 Å². The fourth-order valence-corrected chi connectivity index (χ4v) is 4.15. The third-order valence-electron chi connectivity index (χ3n) is 5.12. The molecule has 3 heterocycles. The third-order valence-corrected chi connectivity index (χ3v) is 5.90. The number of likely N-dealkylation sites (tertiary alicyclic amines) is 1. The monoisotopic (exact) mass is 358 g/mol. The summed E-state index contributed by atoms with van der Waals surface area (Å²) in [7, 11) is 0. The molecule has 2 fully saturated rings. The Hall–Kier alpha value is -2.15. The number of H-pyrrole nitrogens is 1. The topological polar surface area (TPSA) is 78.1 Å². The van der Waals surface area contributed by atoms with Crippen molar-refractivity contribution in [3.8, 4) is 0 Å². The van der Waals surface area contributed by atoms with Gasteiger partial charge in [0.15, 0.2) is 0 Å². The van der Waals surface area contributed by atoms with E-state index >= 15 is 0 Å². The summed E-state index contributed by atoms with van der Waals surface area (Å²) in [5, 5.41) is 3.07. The number of carbonyl (C=O) groups is 2. The Kier molecular flexibility index (Phi) is 4.33. The molecule has 25 heavy (non-hydrogen) atoms. The normalized spacial score (nSPS) is 23.5. The molecule has 2 N–H and O–H groups in total. The highest BCUT2D eigenvalue weighted by atomic mass is 32.1. The van der Waals surface area contributed by atoms with Crippen LogP contribution in [0, 0.1) is 0 Å². The van der Waals surface area contributed by atoms with Crippen molar-refractivity contribution in [1.82, 2.24) is 20.2 Å². The quantitative estimate of drug-likeness (QED) is 0.882. The molecule has 0 radical (unpaired) electrons. The Bertz CT molecular complexity index is 766. The van der Waals surface area contributed by atoms with Crippen LogP contribution >= 0.6 is 11.3 Å². The van der Waals surface area contributed by atoms with E-state index in [-0.39, 0.29) is 23.9 Å². The second kappa shape index (κ2) is 6.63. The van der Waals surface area contributed by atoms with E-state index in [1.54, 1.807) is 11.7 Å². The molecule has 2 atom stereocenters. The lowest BCUT2D eigenvalue weighted by Gasteiger charge is -2.38. The number of thiazole rings is 1. The molecular formula is C18H22N4O2S. The van der Waals surface area contributed by atoms with Gasteiger partial charge in [-0.25, -0.2) is 0 Å². The zero-order valence-electron chi connectivity index (χ0n) is 14.2. The van der Waals surface area contributed by atoms with Crippen LogP contribution in [0.3, 0.4) is 0 Å². The van der Waals surface area contributed by atoms with E-state index < -0.39 is 0 Å². The number of nitrogens with one attached hydrogen (secondary N) is 2. The second-order valence-corrected chi connectivity index (χ2v) is 7.87. The van der Waals surface area contributed by atoms with E-state index in [9.17, 15) is 9.59 Å². The van der Waals surface area contributed by atoms with Crippen molar-refractivity contribution in [3.63, 3.8) is 0 Å². The van der Waals surface area contributed by atoms with Gasteiger partial charge in [-0.1, -0.05) is 0 Å². The first-order valence-electron chi connectivity index (χ1n) is 8.81. The van der Waals surface area contributed by atoms with Gasteiger partial charge in [0.05, 0.1) is 17.3 Å². The van der Waals surface area contributed by atoms with Crippen molar-refractivity contribution in [2.45, 2.75) is 50.6 Å². The SMILES string of the molecule is CC1CC(NC(=O)c2cncs2)CCN1C(=O)c1cc[nH]c1C1CC1. The average Bonchev–Trinajstić information content (AvgIpc) is 3.11. The van der Waals surface area contributed by atoms with E-state index in [1.807, 2.05) is 17.2 Å². The van der Waals surface area contributed by atoms with Gasteiger partial charge in [0.1, 0.15) is 4.88 Å². The third kappa shape index (κ3) is 3.33. The lowest BCUT2D eigenvalue weighted by atomic mass is 9.97. The summed E-state index contributed by atoms with van der Waals surface area (Å²) in [5.74, 6) is 0.574. The smallest absolute Gasteiger partial charge is 0.263 e. The maximum atomic E-state index is 13.0. The van der Waals surface area contributed by atoms with Crippen LogP contribution in [0.25, 0.3) is 0 Å². The Labute approximate surface area is 150 Å². The van der Waals surface area contributed by atoms with Crippen molar-refractivity contribution in [2.75, 3.05) is 6.54 Å². The van der Waals surface area contributed by atoms with Crippen molar-refractivity contribution >= 4 is 23.2 Å². The molecule has 1 saturated carbocycles. The van der Waals surface area contributed by atoms with Gasteiger partial charge in [0.2, 0.25) is 0 Å². The van der Waals surface area contributed by atoms with Crippen LogP contribution in [0.4, 0.5) is 0 Å². The molecule has 2 amide bonds. The minimum atomic E-state index is -0.0684. The van der Waals surface area contributed by atoms with Crippen molar-refractivity contribution in [3.05, 3.63) is 40.1 Å². The molecule has 132 valence electrons. The molecule has 0 aromatic carbocycles. The fourth-order valence-electron chi connectivity index (χ4n) is 3.62. The summed E-state index contributed by atoms with van der Waals surface area (Å²) >= 11 is 1.34. The zero-order valence-corrected chi connectivity index (χ0v) is 15.0. The Morgan fingerprint density at radius 1 is 1.36 bits per heavy atom. The first-order valence-corrected chi connectivity index (χ1v) is 9.69. The summed E-state index contributed by atoms with van der Waals surface area (Å²) in [6.45, 7) is 2.73. The Balaban J connectivity index is 1.38. The van der Waals surface area contributed by atoms with Crippen LogP contribution in [-0.4, -0.2) is 45.3 Å². The zero-order chi connectivity index (χ0) is 17.4. The van der Waals surface area contributed by atoms with E-state index in [1.165, 1.54) is 24.2 Å². The van der Waals surface area contributed by atoms with Gasteiger partial charge in [-0.05, 0) is 44.6 Å². The number of rotatable bonds is 4. The van der Waals surface area contributed by atoms with Gasteiger partial charge < -0.3 is 15.2 Å². The number of aromatic amines is 1. The summed E-state index contributed by atoms with van der Waals surface area (Å²) in [5.41, 5.74) is 3.58. The molecule has 1 aliphatic carbocycles. The van der Waals surface area contributed by atoms with E-state index in [2.05, 4.69) is 22.2 Å². The van der Waals surface area contributed by atoms with Gasteiger partial charge in [-0.2, -0.15) is 0 Å². The summed E-state index contributed by atoms with van der Waals surface area (Å²) in [6, 6.07) is 2.11. The van der Waals surface area contributed by atoms with E-state index in [4.69, 9.17) is 0 Å². The highest BCUT2D eigenvalue weighted by molar-refractivity contribution is 7.11. The fraction of sp³-hybridized carbons (Fsp3) is 0.500. The largest absolute Gasteiger partial charge is 0.364 e. The average molecular weight is 358 g/mol. The Morgan fingerprint density at radius 3 is 2.88 bits per heavy atom. The molecule has 2 aliphatic rings. The van der Waals surface area contributed by atoms with Crippen LogP contribution < -0.4 is 5.32 Å². The number of nitrogens with zero attached hydrogens (tertiary/aromatic N) is 2. The van der Waals surface area contributed by atoms with Crippen LogP contribution in [0.2, 0.25) is 0 Å². The lowest BCUT2D eigenvalue weighted by Crippen LogP contribution is -2.50. The number of hydrogen-bond acceptors (Lipinski definition) is 4. The maximum Gasteiger partial charge on any atom is 0.263 e. The molecule has 1 aliphatic heterocycles. The molecule has 2 aromatic rings. The van der Waals surface area contributed by atoms with Crippen molar-refractivity contribution in [2.24, 2.45) is 0 Å². The van der Waals surface area contributed by atoms with Crippen LogP contribution in [-0.2, 0) is 0 Å². The van der Waals surface area contributed by atoms with Gasteiger partial charge in [0, 0.05) is 30.5 Å². The summed E-state index contributed by atoms with van der Waals surface area (Å²) in [4.78, 5) is 34.9. The van der Waals surface area contributed by atoms with Crippen molar-refractivity contribution < 1.29 is 9.59 Å². The maximum absolute atomic E-state index is 13.0. The van der Waals surface area contributed by atoms with E-state index in [0.29, 0.717) is 17.3 Å². The molecule has 4 rings (SSSR count). The highest BCUT2D eigenvalue weighted by Gasteiger charge is 2.34. The first-order chi connectivity index (χ1) is 12.1. The minimum absolute atomic E-state index is 0.0684. The van der Waals surface area contributed by atoms with Gasteiger partial charge in [-0.3, -0.25) is 14.6 Å². The highest BCUT2D eigenvalue weighted by Crippen LogP contribution is 2.41. The summed E-state index contributed by atoms with van der Waals surface area (Å²) in [6.07, 6.45) is 7.36. The molecule has 2 aromatic heterocycles. The lowest BCUT2D eigenvalue weighted by molar-refractivity contribution is 0.0595. The molecule has 7 heteroatoms. The molecule has 2 unspecified atom stereocenters. The summed E-state index contributed by atoms with van der Waals surface area (Å²) < 4.78 is 0. The molecular weight excluding hydrogens is 336 g/mol. The van der Waals surface area contributed by atoms with Crippen LogP contribution in [0.1, 0.15) is 64.2 Å². The molecule has 6 nitrogen and oxygen atoms in total. The number of hydrogen-bond donors (Lipinski definition) is 2. The van der Waals surface area contributed by atoms with E-state index in [0.717, 1.165) is 24.1 Å². The number of aromatic nitrogens is 2. The van der Waals surface area contributed by atoms with Gasteiger partial charge >= 0.3 is 0 Å².